The summed E-state index contributed by atoms with van der Waals surface area (Å²) >= 11 is 0. The normalized spacial score (nSPS) is 27.3. The first-order valence-corrected chi connectivity index (χ1v) is 8.70. The zero-order valence-corrected chi connectivity index (χ0v) is 13.5. The lowest BCUT2D eigenvalue weighted by Crippen LogP contribution is -2.47. The molecule has 0 amide bonds. The van der Waals surface area contributed by atoms with Crippen molar-refractivity contribution in [1.29, 1.82) is 0 Å². The second-order valence-corrected chi connectivity index (χ2v) is 7.92. The van der Waals surface area contributed by atoms with E-state index in [2.05, 4.69) is 6.92 Å². The molecule has 1 fully saturated rings. The summed E-state index contributed by atoms with van der Waals surface area (Å²) in [5, 5.41) is 0. The number of phosphoric acid groups is 1. The smallest absolute Gasteiger partial charge is 0.329 e. The van der Waals surface area contributed by atoms with Crippen LogP contribution in [0, 0.1) is 11.8 Å². The van der Waals surface area contributed by atoms with Crippen LogP contribution in [0.5, 0.6) is 0 Å². The van der Waals surface area contributed by atoms with E-state index >= 15 is 0 Å². The number of nitrogens with zero attached hydrogens (tertiary/aromatic N) is 1. The number of likely N-dealkylation sites (N-methyl/N-ethyl adjacent to an activating group) is 1. The van der Waals surface area contributed by atoms with Crippen LogP contribution in [-0.4, -0.2) is 48.1 Å². The van der Waals surface area contributed by atoms with Gasteiger partial charge in [0, 0.05) is 0 Å². The molecule has 0 aromatic rings. The van der Waals surface area contributed by atoms with E-state index in [1.165, 1.54) is 6.42 Å². The van der Waals surface area contributed by atoms with Gasteiger partial charge >= 0.3 is 7.82 Å². The van der Waals surface area contributed by atoms with E-state index in [1.807, 2.05) is 21.1 Å². The van der Waals surface area contributed by atoms with Gasteiger partial charge in [0.15, 0.2) is 0 Å². The standard InChI is InChI=1S/C13H28NO4P/c1-5-11-8-6-7-9-12(11)13(10-14(2,3)4)18-19(15,16)17/h11-13H,5-10H2,1-4H3,(H-,15,16,17)/p+1. The Morgan fingerprint density at radius 3 is 2.32 bits per heavy atom. The molecular formula is C13H29NO4P+. The van der Waals surface area contributed by atoms with Gasteiger partial charge in [-0.05, 0) is 18.3 Å². The monoisotopic (exact) mass is 294 g/mol. The molecule has 3 atom stereocenters. The van der Waals surface area contributed by atoms with Crippen LogP contribution in [0.3, 0.4) is 0 Å². The van der Waals surface area contributed by atoms with Crippen molar-refractivity contribution in [3.8, 4) is 0 Å². The van der Waals surface area contributed by atoms with E-state index in [-0.39, 0.29) is 12.0 Å². The molecule has 1 aliphatic carbocycles. The third kappa shape index (κ3) is 6.37. The number of rotatable bonds is 6. The molecule has 0 radical (unpaired) electrons. The number of hydrogen-bond acceptors (Lipinski definition) is 2. The maximum atomic E-state index is 11.2. The third-order valence-corrected chi connectivity index (χ3v) is 4.52. The Hall–Kier alpha value is 0.0700. The summed E-state index contributed by atoms with van der Waals surface area (Å²) in [6.07, 6.45) is 5.23. The summed E-state index contributed by atoms with van der Waals surface area (Å²) in [5.74, 6) is 0.792. The van der Waals surface area contributed by atoms with Gasteiger partial charge in [-0.25, -0.2) is 4.57 Å². The Bertz CT molecular complexity index is 323. The molecular weight excluding hydrogens is 265 g/mol. The zero-order valence-electron chi connectivity index (χ0n) is 12.6. The van der Waals surface area contributed by atoms with Crippen molar-refractivity contribution >= 4 is 7.82 Å². The highest BCUT2D eigenvalue weighted by Gasteiger charge is 2.38. The molecule has 5 nitrogen and oxygen atoms in total. The molecule has 0 spiro atoms. The molecule has 2 N–H and O–H groups in total. The highest BCUT2D eigenvalue weighted by atomic mass is 31.2. The Balaban J connectivity index is 2.84. The molecule has 0 aromatic carbocycles. The van der Waals surface area contributed by atoms with Gasteiger partial charge in [0.25, 0.3) is 0 Å². The second kappa shape index (κ2) is 6.68. The van der Waals surface area contributed by atoms with Gasteiger partial charge < -0.3 is 14.3 Å². The Kier molecular flexibility index (Phi) is 6.02. The van der Waals surface area contributed by atoms with Crippen molar-refractivity contribution in [2.45, 2.75) is 45.1 Å². The fourth-order valence-electron chi connectivity index (χ4n) is 3.20. The van der Waals surface area contributed by atoms with E-state index in [4.69, 9.17) is 14.3 Å². The van der Waals surface area contributed by atoms with Gasteiger partial charge in [0.2, 0.25) is 0 Å². The summed E-state index contributed by atoms with van der Waals surface area (Å²) in [6, 6.07) is 0. The third-order valence-electron chi connectivity index (χ3n) is 3.97. The van der Waals surface area contributed by atoms with Crippen LogP contribution in [0.1, 0.15) is 39.0 Å². The Morgan fingerprint density at radius 2 is 1.84 bits per heavy atom. The van der Waals surface area contributed by atoms with Crippen LogP contribution in [0.4, 0.5) is 0 Å². The van der Waals surface area contributed by atoms with Crippen molar-refractivity contribution in [3.63, 3.8) is 0 Å². The minimum atomic E-state index is -4.42. The first-order valence-electron chi connectivity index (χ1n) is 7.17. The average molecular weight is 294 g/mol. The number of quaternary nitrogens is 1. The zero-order chi connectivity index (χ0) is 14.7. The van der Waals surface area contributed by atoms with Gasteiger partial charge in [0.05, 0.1) is 21.1 Å². The lowest BCUT2D eigenvalue weighted by atomic mass is 9.75. The van der Waals surface area contributed by atoms with Crippen molar-refractivity contribution in [3.05, 3.63) is 0 Å². The van der Waals surface area contributed by atoms with E-state index in [0.717, 1.165) is 25.7 Å². The van der Waals surface area contributed by atoms with Crippen LogP contribution in [0.2, 0.25) is 0 Å². The fourth-order valence-corrected chi connectivity index (χ4v) is 3.77. The molecule has 6 heteroatoms. The van der Waals surface area contributed by atoms with E-state index in [0.29, 0.717) is 16.9 Å². The van der Waals surface area contributed by atoms with Crippen LogP contribution < -0.4 is 0 Å². The Morgan fingerprint density at radius 1 is 1.26 bits per heavy atom. The average Bonchev–Trinajstić information content (AvgIpc) is 2.24. The van der Waals surface area contributed by atoms with Gasteiger partial charge in [0.1, 0.15) is 12.6 Å². The van der Waals surface area contributed by atoms with Crippen LogP contribution >= 0.6 is 7.82 Å². The van der Waals surface area contributed by atoms with Gasteiger partial charge in [-0.1, -0.05) is 32.6 Å². The number of hydrogen-bond donors (Lipinski definition) is 2. The minimum absolute atomic E-state index is 0.267. The molecule has 0 heterocycles. The SMILES string of the molecule is CCC1CCCCC1C(C[N+](C)(C)C)OP(=O)(O)O. The maximum absolute atomic E-state index is 11.2. The minimum Gasteiger partial charge on any atom is -0.329 e. The first-order chi connectivity index (χ1) is 8.62. The van der Waals surface area contributed by atoms with E-state index < -0.39 is 7.82 Å². The largest absolute Gasteiger partial charge is 0.470 e. The summed E-state index contributed by atoms with van der Waals surface area (Å²) in [6.45, 7) is 2.79. The van der Waals surface area contributed by atoms with Gasteiger partial charge in [-0.2, -0.15) is 0 Å². The summed E-state index contributed by atoms with van der Waals surface area (Å²) < 4.78 is 17.0. The molecule has 0 saturated heterocycles. The van der Waals surface area contributed by atoms with Crippen LogP contribution in [0.15, 0.2) is 0 Å². The van der Waals surface area contributed by atoms with Crippen molar-refractivity contribution in [2.75, 3.05) is 27.7 Å². The van der Waals surface area contributed by atoms with Crippen molar-refractivity contribution < 1.29 is 23.4 Å². The van der Waals surface area contributed by atoms with Gasteiger partial charge in [-0.3, -0.25) is 4.52 Å². The van der Waals surface area contributed by atoms with Crippen LogP contribution in [0.25, 0.3) is 0 Å². The van der Waals surface area contributed by atoms with E-state index in [1.54, 1.807) is 0 Å². The molecule has 1 aliphatic rings. The quantitative estimate of drug-likeness (QED) is 0.583. The Labute approximate surface area is 116 Å². The van der Waals surface area contributed by atoms with Crippen molar-refractivity contribution in [2.24, 2.45) is 11.8 Å². The number of phosphoric ester groups is 1. The van der Waals surface area contributed by atoms with Crippen LogP contribution in [-0.2, 0) is 9.09 Å². The lowest BCUT2D eigenvalue weighted by molar-refractivity contribution is -0.873. The highest BCUT2D eigenvalue weighted by Crippen LogP contribution is 2.44. The molecule has 3 unspecified atom stereocenters. The molecule has 114 valence electrons. The molecule has 19 heavy (non-hydrogen) atoms. The highest BCUT2D eigenvalue weighted by molar-refractivity contribution is 7.46. The molecule has 1 saturated carbocycles. The van der Waals surface area contributed by atoms with Gasteiger partial charge in [-0.15, -0.1) is 0 Å². The topological polar surface area (TPSA) is 66.8 Å². The molecule has 0 aliphatic heterocycles. The molecule has 0 aromatic heterocycles. The van der Waals surface area contributed by atoms with Crippen molar-refractivity contribution in [1.82, 2.24) is 0 Å². The van der Waals surface area contributed by atoms with E-state index in [9.17, 15) is 4.57 Å². The summed E-state index contributed by atoms with van der Waals surface area (Å²) in [5.41, 5.74) is 0. The maximum Gasteiger partial charge on any atom is 0.470 e. The lowest BCUT2D eigenvalue weighted by Gasteiger charge is -2.39. The molecule has 0 bridgehead atoms. The summed E-state index contributed by atoms with van der Waals surface area (Å²) in [4.78, 5) is 18.3. The first kappa shape index (κ1) is 17.1. The molecule has 1 rings (SSSR count). The predicted molar refractivity (Wildman–Crippen MR) is 75.6 cm³/mol. The second-order valence-electron chi connectivity index (χ2n) is 6.72. The predicted octanol–water partition coefficient (Wildman–Crippen LogP) is 2.39. The fraction of sp³-hybridized carbons (Fsp3) is 1.00. The summed E-state index contributed by atoms with van der Waals surface area (Å²) in [7, 11) is 1.66.